The molecule has 17 N–H and O–H groups in total. The summed E-state index contributed by atoms with van der Waals surface area (Å²) in [6, 6.07) is 14.6. The summed E-state index contributed by atoms with van der Waals surface area (Å²) in [5.41, 5.74) is 17.6. The summed E-state index contributed by atoms with van der Waals surface area (Å²) in [5.74, 6) is -8.76. The third-order valence-corrected chi connectivity index (χ3v) is 26.0. The number of piperidine rings is 1. The van der Waals surface area contributed by atoms with E-state index >= 15 is 4.39 Å². The number of hydrogen-bond donors (Lipinski definition) is 15. The highest BCUT2D eigenvalue weighted by molar-refractivity contribution is 6.31. The van der Waals surface area contributed by atoms with Gasteiger partial charge in [0.2, 0.25) is 53.2 Å². The number of aliphatic hydroxyl groups excluding tert-OH is 1. The van der Waals surface area contributed by atoms with Crippen LogP contribution in [-0.4, -0.2) is 298 Å². The second-order valence-electron chi connectivity index (χ2n) is 37.8. The zero-order chi connectivity index (χ0) is 106. The van der Waals surface area contributed by atoms with Gasteiger partial charge in [0.05, 0.1) is 106 Å². The highest BCUT2D eigenvalue weighted by atomic mass is 35.5. The van der Waals surface area contributed by atoms with Gasteiger partial charge < -0.3 is 123 Å². The van der Waals surface area contributed by atoms with Gasteiger partial charge in [-0.15, -0.1) is 0 Å². The van der Waals surface area contributed by atoms with Crippen LogP contribution in [0.2, 0.25) is 5.02 Å². The lowest BCUT2D eigenvalue weighted by Gasteiger charge is -2.40. The molecule has 8 rings (SSSR count). The Morgan fingerprint density at radius 1 is 0.674 bits per heavy atom. The standard InChI is InChI=1S/C102H149ClFN19O21/c1-16-63(9)89(80(139-15)56-83(126)123-39-21-24-73(123)52-64(10)94(130)112-65(11)91(129)66-22-18-17-19-23-66)120(13)100(136)87(60(4)5)119-99(135)88(61(6)7)121(14)102(138)144-58-67-26-28-72(55-74(67)95(131)107-12)113-96(132)77(25-20-36-110-101(106)137)117-98(134)86(59(2)3)118-97(133)78(30-31-84(127)128)114-82(125)35-43-141-45-47-143-49-48-142-46-44-140-42-34-81(124)108-37-38-109-92-85(93-115-76-29-27-69(103)54-79(76)116-93)90(122-40-32-71(105)33-41-122)75(57-111-92)68-50-62(8)51-70(104)53-68/h17-19,22-23,26-29,50-51,53-55,57,59-61,63-65,71,73,77-78,80,86-89,91,129H,16,20-21,24-25,30-49,52,56,58,105H2,1-15H3,(H,107,131)(H,108,124)(H,109,111)(H,112,130)(H,113,132)(H,114,125)(H,115,116)(H,117,134)(H,118,133)(H,119,135)(H,127,128)(H3,106,110,137)/t63-,64+,65+,73-,77-,78-,80+,86-,87-,88-,89-,91+/m0/s1. The average Bonchev–Trinajstić information content (AvgIpc) is 1.48. The molecular weight excluding hydrogens is 1880 g/mol. The maximum Gasteiger partial charge on any atom is 0.410 e. The number of fused-ring (bicyclic) bond motifs is 1. The van der Waals surface area contributed by atoms with E-state index in [1.165, 1.54) is 56.4 Å². The van der Waals surface area contributed by atoms with Gasteiger partial charge in [0, 0.05) is 138 Å². The number of carboxylic acids is 1. The molecule has 2 saturated heterocycles. The zero-order valence-corrected chi connectivity index (χ0v) is 86.2. The molecule has 4 aromatic carbocycles. The fourth-order valence-corrected chi connectivity index (χ4v) is 17.8. The number of pyridine rings is 1. The highest BCUT2D eigenvalue weighted by Crippen LogP contribution is 2.45. The van der Waals surface area contributed by atoms with Gasteiger partial charge in [-0.25, -0.2) is 23.9 Å². The number of primary amides is 1. The number of likely N-dealkylation sites (tertiary alicyclic amines) is 1. The number of H-pyrrole nitrogens is 1. The molecule has 0 radical (unpaired) electrons. The fraction of sp³-hybridized carbons (Fsp3) is 0.578. The summed E-state index contributed by atoms with van der Waals surface area (Å²) in [6.07, 6.45) is 1.72. The van der Waals surface area contributed by atoms with E-state index in [1.54, 1.807) is 97.8 Å². The number of aromatic amines is 1. The first kappa shape index (κ1) is 117. The predicted molar refractivity (Wildman–Crippen MR) is 543 cm³/mol. The zero-order valence-electron chi connectivity index (χ0n) is 85.4. The summed E-state index contributed by atoms with van der Waals surface area (Å²) < 4.78 is 49.4. The minimum Gasteiger partial charge on any atom is -0.481 e. The van der Waals surface area contributed by atoms with Crippen molar-refractivity contribution in [1.82, 2.24) is 72.2 Å². The van der Waals surface area contributed by atoms with Gasteiger partial charge in [0.1, 0.15) is 54.3 Å². The van der Waals surface area contributed by atoms with Gasteiger partial charge in [-0.2, -0.15) is 0 Å². The molecule has 0 spiro atoms. The van der Waals surface area contributed by atoms with Crippen LogP contribution in [0.5, 0.6) is 0 Å². The van der Waals surface area contributed by atoms with E-state index in [-0.39, 0.29) is 163 Å². The van der Waals surface area contributed by atoms with Crippen LogP contribution in [0, 0.1) is 42.3 Å². The lowest BCUT2D eigenvalue weighted by atomic mass is 9.89. The number of ether oxygens (including phenoxy) is 6. The molecular formula is C102H149ClFN19O21. The number of nitrogens with zero attached hydrogens (tertiary/aromatic N) is 6. The molecule has 144 heavy (non-hydrogen) atoms. The van der Waals surface area contributed by atoms with Crippen LogP contribution in [0.15, 0.2) is 91.1 Å². The first-order chi connectivity index (χ1) is 68.6. The first-order valence-corrected chi connectivity index (χ1v) is 49.9. The van der Waals surface area contributed by atoms with Crippen molar-refractivity contribution in [3.05, 3.63) is 124 Å². The summed E-state index contributed by atoms with van der Waals surface area (Å²) in [5, 5.41) is 48.8. The number of nitrogens with one attached hydrogen (secondary N) is 11. The number of carbonyl (C=O) groups excluding carboxylic acids is 12. The van der Waals surface area contributed by atoms with Crippen molar-refractivity contribution in [3.63, 3.8) is 0 Å². The van der Waals surface area contributed by atoms with E-state index in [4.69, 9.17) is 61.5 Å². The van der Waals surface area contributed by atoms with Crippen molar-refractivity contribution in [1.29, 1.82) is 0 Å². The van der Waals surface area contributed by atoms with E-state index in [0.717, 1.165) is 46.5 Å². The molecule has 2 aromatic heterocycles. The molecule has 2 aliphatic heterocycles. The normalized spacial score (nSPS) is 15.6. The Morgan fingerprint density at radius 2 is 1.32 bits per heavy atom. The molecule has 0 bridgehead atoms. The number of hydrogen-bond acceptors (Lipinski definition) is 25. The first-order valence-electron chi connectivity index (χ1n) is 49.6. The van der Waals surface area contributed by atoms with Gasteiger partial charge in [-0.1, -0.05) is 123 Å². The minimum atomic E-state index is -1.45. The van der Waals surface area contributed by atoms with E-state index in [1.807, 2.05) is 51.1 Å². The van der Waals surface area contributed by atoms with Crippen LogP contribution in [0.3, 0.4) is 0 Å². The second kappa shape index (κ2) is 58.6. The maximum atomic E-state index is 15.0. The van der Waals surface area contributed by atoms with Crippen molar-refractivity contribution in [2.45, 2.75) is 233 Å². The van der Waals surface area contributed by atoms with E-state index in [2.05, 4.69) is 63.1 Å². The van der Waals surface area contributed by atoms with Crippen molar-refractivity contribution < 1.29 is 105 Å². The number of methoxy groups -OCH3 is 1. The highest BCUT2D eigenvalue weighted by Gasteiger charge is 2.43. The molecule has 6 aromatic rings. The molecule has 13 amide bonds. The molecule has 2 aliphatic rings. The number of rotatable bonds is 59. The van der Waals surface area contributed by atoms with Gasteiger partial charge in [0.25, 0.3) is 5.91 Å². The second-order valence-corrected chi connectivity index (χ2v) is 38.3. The Bertz CT molecular complexity index is 5240. The minimum absolute atomic E-state index is 0.0300. The van der Waals surface area contributed by atoms with Crippen LogP contribution < -0.4 is 69.5 Å². The molecule has 42 heteroatoms. The van der Waals surface area contributed by atoms with Gasteiger partial charge >= 0.3 is 18.1 Å². The number of carbonyl (C=O) groups is 13. The van der Waals surface area contributed by atoms with E-state index < -0.39 is 151 Å². The number of aryl methyl sites for hydroxylation is 1. The van der Waals surface area contributed by atoms with Crippen molar-refractivity contribution in [3.8, 4) is 22.5 Å². The predicted octanol–water partition coefficient (Wildman–Crippen LogP) is 8.38. The Labute approximate surface area is 846 Å². The van der Waals surface area contributed by atoms with Crippen LogP contribution >= 0.6 is 11.6 Å². The van der Waals surface area contributed by atoms with Crippen LogP contribution in [0.4, 0.5) is 31.2 Å². The van der Waals surface area contributed by atoms with Crippen molar-refractivity contribution in [2.24, 2.45) is 41.1 Å². The number of aliphatic hydroxyl groups is 1. The molecule has 0 saturated carbocycles. The topological polar surface area (TPSA) is 545 Å². The smallest absolute Gasteiger partial charge is 0.410 e. The van der Waals surface area contributed by atoms with E-state index in [0.29, 0.717) is 84.3 Å². The largest absolute Gasteiger partial charge is 0.481 e. The third kappa shape index (κ3) is 35.6. The number of anilines is 3. The number of aliphatic carboxylic acids is 1. The monoisotopic (exact) mass is 2030 g/mol. The summed E-state index contributed by atoms with van der Waals surface area (Å²) in [7, 11) is 5.80. The number of carboxylic acid groups (broad SMARTS) is 1. The van der Waals surface area contributed by atoms with Crippen LogP contribution in [0.25, 0.3) is 33.5 Å². The number of likely N-dealkylation sites (N-methyl/N-ethyl adjacent to an activating group) is 2. The number of nitrogens with two attached hydrogens (primary N) is 2. The molecule has 792 valence electrons. The molecule has 4 heterocycles. The third-order valence-electron chi connectivity index (χ3n) is 25.8. The van der Waals surface area contributed by atoms with Crippen LogP contribution in [0.1, 0.15) is 186 Å². The molecule has 0 unspecified atom stereocenters. The number of imidazole rings is 1. The Balaban J connectivity index is 0.766. The molecule has 12 atom stereocenters. The summed E-state index contributed by atoms with van der Waals surface area (Å²) in [6.45, 7) is 22.3. The van der Waals surface area contributed by atoms with Gasteiger partial charge in [-0.05, 0) is 148 Å². The number of amides is 13. The quantitative estimate of drug-likeness (QED) is 0.0159. The average molecular weight is 2030 g/mol. The number of benzene rings is 4. The van der Waals surface area contributed by atoms with Gasteiger partial charge in [-0.3, -0.25) is 57.6 Å². The Hall–Kier alpha value is -12.3. The molecule has 2 fully saturated rings. The Morgan fingerprint density at radius 3 is 1.94 bits per heavy atom. The van der Waals surface area contributed by atoms with Crippen molar-refractivity contribution in [2.75, 3.05) is 136 Å². The molecule has 0 aliphatic carbocycles. The number of urea groups is 1. The number of aromatic nitrogens is 3. The van der Waals surface area contributed by atoms with E-state index in [9.17, 15) is 72.5 Å². The summed E-state index contributed by atoms with van der Waals surface area (Å²) >= 11 is 6.39. The van der Waals surface area contributed by atoms with Crippen molar-refractivity contribution >= 4 is 117 Å². The lowest BCUT2D eigenvalue weighted by Crippen LogP contribution is -2.60. The number of halogens is 2. The summed E-state index contributed by atoms with van der Waals surface area (Å²) in [4.78, 5) is 198. The fourth-order valence-electron chi connectivity index (χ4n) is 17.7. The Kier molecular flexibility index (Phi) is 47.6. The lowest BCUT2D eigenvalue weighted by molar-refractivity contribution is -0.146. The molecule has 40 nitrogen and oxygen atoms in total. The SMILES string of the molecule is CC[C@H](C)[C@@H]([C@@H](CC(=O)N1CCC[C@H]1C[C@@H](C)C(=O)N[C@H](C)[C@@H](O)c1ccccc1)OC)N(C)C(=O)[C@@H](NC(=O)[C@H](C(C)C)N(C)C(=O)OCc1ccc(NC(=O)[C@H](CCCNC(N)=O)NC(=O)[C@@H](NC(=O)[C@H](CCC(=O)O)NC(=O)CCOCCOCCOCCOCCC(=O)NCCNc2ncc(-c3cc(C)cc(F)c3)c(N3CCC(N)CC3)c2-c2nc3ccc(Cl)cc3[nH]2)C(C)C)cc1C(=O)NC)C(C)C. The van der Waals surface area contributed by atoms with Crippen LogP contribution in [-0.2, 0) is 83.0 Å². The van der Waals surface area contributed by atoms with Gasteiger partial charge in [0.15, 0.2) is 0 Å². The maximum absolute atomic E-state index is 15.0.